The Morgan fingerprint density at radius 1 is 0.243 bits per heavy atom. The Kier molecular flexibility index (Phi) is 15.0. The molecule has 0 saturated carbocycles. The van der Waals surface area contributed by atoms with Crippen molar-refractivity contribution in [1.29, 1.82) is 0 Å². The Bertz CT molecular complexity index is 5420. The Morgan fingerprint density at radius 2 is 0.476 bits per heavy atom. The van der Waals surface area contributed by atoms with Crippen molar-refractivity contribution in [2.24, 2.45) is 0 Å². The molecule has 13 nitrogen and oxygen atoms in total. The van der Waals surface area contributed by atoms with Crippen LogP contribution in [0.5, 0.6) is 17.2 Å². The number of thiophene rings is 3. The van der Waals surface area contributed by atoms with Gasteiger partial charge in [-0.3, -0.25) is 28.8 Å². The van der Waals surface area contributed by atoms with Crippen LogP contribution in [0.25, 0.3) is 95.0 Å². The molecule has 6 amide bonds. The Morgan fingerprint density at radius 3 is 0.728 bits per heavy atom. The lowest BCUT2D eigenvalue weighted by atomic mass is 9.90. The predicted octanol–water partition coefficient (Wildman–Crippen LogP) is 21.2. The molecule has 0 spiro atoms. The first kappa shape index (κ1) is 62.4. The van der Waals surface area contributed by atoms with Crippen LogP contribution in [-0.4, -0.2) is 56.8 Å². The van der Waals surface area contributed by atoms with Gasteiger partial charge in [-0.15, -0.1) is 34.0 Å². The molecule has 0 unspecified atom stereocenters. The van der Waals surface area contributed by atoms with Gasteiger partial charge in [-0.2, -0.15) is 0 Å². The maximum absolute atomic E-state index is 14.2. The zero-order valence-electron chi connectivity index (χ0n) is 55.2. The number of hydrogen-bond acceptors (Lipinski definition) is 13. The molecule has 3 aromatic heterocycles. The molecule has 0 atom stereocenters. The molecular formula is C87H54N4O9S3. The van der Waals surface area contributed by atoms with Crippen LogP contribution in [0.1, 0.15) is 62.1 Å². The first-order valence-electron chi connectivity index (χ1n) is 33.1. The number of benzene rings is 12. The Labute approximate surface area is 602 Å². The van der Waals surface area contributed by atoms with Crippen LogP contribution in [0.15, 0.2) is 273 Å². The van der Waals surface area contributed by atoms with E-state index in [1.807, 2.05) is 72.8 Å². The number of rotatable bonds is 15. The number of ether oxygens (including phenoxy) is 3. The number of methoxy groups -OCH3 is 3. The molecule has 0 N–H and O–H groups in total. The van der Waals surface area contributed by atoms with Crippen LogP contribution >= 0.6 is 34.0 Å². The number of carbonyl (C=O) groups is 6. The third kappa shape index (κ3) is 10.2. The van der Waals surface area contributed by atoms with E-state index in [0.717, 1.165) is 95.9 Å². The second-order valence-corrected chi connectivity index (χ2v) is 28.3. The van der Waals surface area contributed by atoms with Crippen molar-refractivity contribution in [3.63, 3.8) is 0 Å². The highest BCUT2D eigenvalue weighted by Crippen LogP contribution is 2.48. The van der Waals surface area contributed by atoms with Crippen molar-refractivity contribution < 1.29 is 43.0 Å². The first-order valence-corrected chi connectivity index (χ1v) is 35.5. The maximum Gasteiger partial charge on any atom is 0.265 e. The molecule has 0 bridgehead atoms. The largest absolute Gasteiger partial charge is 0.497 e. The summed E-state index contributed by atoms with van der Waals surface area (Å²) in [5.41, 5.74) is 12.8. The van der Waals surface area contributed by atoms with Crippen LogP contribution < -0.4 is 33.8 Å². The normalized spacial score (nSPS) is 13.3. The summed E-state index contributed by atoms with van der Waals surface area (Å²) in [6, 6.07) is 87.4. The van der Waals surface area contributed by atoms with E-state index in [-0.39, 0.29) is 35.4 Å². The van der Waals surface area contributed by atoms with Gasteiger partial charge in [0, 0.05) is 95.9 Å². The third-order valence-corrected chi connectivity index (χ3v) is 23.1. The molecule has 0 aliphatic carbocycles. The zero-order chi connectivity index (χ0) is 69.9. The van der Waals surface area contributed by atoms with Crippen LogP contribution in [-0.2, 0) is 0 Å². The van der Waals surface area contributed by atoms with Crippen LogP contribution in [0, 0.1) is 0 Å². The lowest BCUT2D eigenvalue weighted by Crippen LogP contribution is -2.40. The third-order valence-electron chi connectivity index (χ3n) is 19.6. The summed E-state index contributed by atoms with van der Waals surface area (Å²) in [4.78, 5) is 97.1. The molecule has 0 fully saturated rings. The standard InChI is InChI=1S/C87H54N4O9S3/c1-98-58-31-25-55(26-32-58)89-82(92)67-10-4-7-64-61(37-40-70(79(64)67)85(89)95)76-46-43-73(101-76)49-13-19-52(20-14-49)88(53-21-15-50(16-22-53)74-44-47-77(102-74)62-38-41-71-80-65(62)8-5-11-68(80)83(93)90(86(71)96)56-27-33-59(99-2)34-28-56)54-23-17-51(18-24-54)75-45-48-78(103-75)63-39-42-72-81-66(63)9-6-12-69(81)84(94)91(87(72)97)57-29-35-60(100-3)36-30-57/h4-48H,1-3H3. The van der Waals surface area contributed by atoms with Crippen molar-refractivity contribution in [2.75, 3.05) is 40.9 Å². The van der Waals surface area contributed by atoms with Gasteiger partial charge in [-0.25, -0.2) is 14.7 Å². The molecule has 12 aromatic carbocycles. The van der Waals surface area contributed by atoms with E-state index in [9.17, 15) is 28.8 Å². The highest BCUT2D eigenvalue weighted by molar-refractivity contribution is 7.19. The first-order chi connectivity index (χ1) is 50.4. The second-order valence-electron chi connectivity index (χ2n) is 25.1. The summed E-state index contributed by atoms with van der Waals surface area (Å²) in [5.74, 6) is -0.407. The van der Waals surface area contributed by atoms with Crippen molar-refractivity contribution >= 4 is 136 Å². The van der Waals surface area contributed by atoms with E-state index in [1.54, 1.807) is 146 Å². The molecule has 494 valence electrons. The van der Waals surface area contributed by atoms with Crippen LogP contribution in [0.4, 0.5) is 34.1 Å². The molecule has 16 heteroatoms. The SMILES string of the molecule is COc1ccc(N2C(=O)c3cccc4c(-c5ccc(-c6ccc(N(c7ccc(-c8ccc(-c9ccc%10c%11c(cccc9%11)C(=O)N(c9ccc(OC)cc9)C%10=O)s8)cc7)c7ccc(-c8ccc(-c9ccc%10c%11c(cccc9%11)C(=O)N(c9ccc(OC)cc9)C%10=O)s8)cc7)cc6)s5)ccc(c34)C2=O)cc1. The lowest BCUT2D eigenvalue weighted by Gasteiger charge is -2.28. The monoisotopic (exact) mass is 1390 g/mol. The average molecular weight is 1400 g/mol. The Balaban J connectivity index is 0.657. The van der Waals surface area contributed by atoms with E-state index in [1.165, 1.54) is 14.7 Å². The minimum atomic E-state index is -0.380. The fourth-order valence-electron chi connectivity index (χ4n) is 14.5. The minimum Gasteiger partial charge on any atom is -0.497 e. The quantitative estimate of drug-likeness (QED) is 0.0910. The van der Waals surface area contributed by atoms with E-state index in [0.29, 0.717) is 83.9 Å². The predicted molar refractivity (Wildman–Crippen MR) is 412 cm³/mol. The fraction of sp³-hybridized carbons (Fsp3) is 0.0345. The van der Waals surface area contributed by atoms with Gasteiger partial charge in [0.25, 0.3) is 35.4 Å². The zero-order valence-corrected chi connectivity index (χ0v) is 57.6. The lowest BCUT2D eigenvalue weighted by molar-refractivity contribution is 0.0877. The van der Waals surface area contributed by atoms with Gasteiger partial charge >= 0.3 is 0 Å². The number of hydrogen-bond donors (Lipinski definition) is 0. The van der Waals surface area contributed by atoms with E-state index in [2.05, 4.69) is 114 Å². The van der Waals surface area contributed by atoms with E-state index >= 15 is 0 Å². The number of amides is 6. The smallest absolute Gasteiger partial charge is 0.265 e. The molecule has 0 radical (unpaired) electrons. The molecule has 6 heterocycles. The van der Waals surface area contributed by atoms with Gasteiger partial charge in [0.05, 0.1) is 38.4 Å². The highest BCUT2D eigenvalue weighted by Gasteiger charge is 2.38. The van der Waals surface area contributed by atoms with Crippen molar-refractivity contribution in [3.05, 3.63) is 306 Å². The molecule has 18 rings (SSSR count). The van der Waals surface area contributed by atoms with E-state index in [4.69, 9.17) is 14.2 Å². The number of anilines is 6. The molecule has 3 aliphatic rings. The minimum absolute atomic E-state index is 0.380. The highest BCUT2D eigenvalue weighted by atomic mass is 32.1. The summed E-state index contributed by atoms with van der Waals surface area (Å²) >= 11 is 4.93. The maximum atomic E-state index is 14.2. The van der Waals surface area contributed by atoms with Crippen molar-refractivity contribution in [1.82, 2.24) is 0 Å². The Hall–Kier alpha value is -12.9. The van der Waals surface area contributed by atoms with Gasteiger partial charge in [0.2, 0.25) is 0 Å². The summed E-state index contributed by atoms with van der Waals surface area (Å²) in [6.45, 7) is 0. The molecule has 15 aromatic rings. The van der Waals surface area contributed by atoms with Crippen molar-refractivity contribution in [2.45, 2.75) is 0 Å². The second kappa shape index (κ2) is 24.8. The topological polar surface area (TPSA) is 143 Å². The summed E-state index contributed by atoms with van der Waals surface area (Å²) in [5, 5.41) is 4.41. The molecule has 0 saturated heterocycles. The average Bonchev–Trinajstić information content (AvgIpc) is 1.28. The van der Waals surface area contributed by atoms with Gasteiger partial charge in [0.1, 0.15) is 17.2 Å². The van der Waals surface area contributed by atoms with E-state index < -0.39 is 0 Å². The van der Waals surface area contributed by atoms with Crippen molar-refractivity contribution in [3.8, 4) is 79.9 Å². The number of carbonyl (C=O) groups excluding carboxylic acids is 6. The van der Waals surface area contributed by atoms with Gasteiger partial charge in [-0.05, 0) is 232 Å². The number of nitrogens with zero attached hydrogens (tertiary/aromatic N) is 4. The number of imide groups is 3. The molecular weight excluding hydrogens is 1340 g/mol. The van der Waals surface area contributed by atoms with Gasteiger partial charge in [-0.1, -0.05) is 91.0 Å². The molecule has 103 heavy (non-hydrogen) atoms. The molecule has 3 aliphatic heterocycles. The summed E-state index contributed by atoms with van der Waals surface area (Å²) in [7, 11) is 4.72. The van der Waals surface area contributed by atoms with Gasteiger partial charge < -0.3 is 19.1 Å². The summed E-state index contributed by atoms with van der Waals surface area (Å²) < 4.78 is 16.0. The van der Waals surface area contributed by atoms with Gasteiger partial charge in [0.15, 0.2) is 0 Å². The fourth-order valence-corrected chi connectivity index (χ4v) is 17.7. The van der Waals surface area contributed by atoms with Crippen LogP contribution in [0.3, 0.4) is 0 Å². The summed E-state index contributed by atoms with van der Waals surface area (Å²) in [6.07, 6.45) is 0. The van der Waals surface area contributed by atoms with Crippen LogP contribution in [0.2, 0.25) is 0 Å².